The highest BCUT2D eigenvalue weighted by molar-refractivity contribution is 5.53. The first kappa shape index (κ1) is 12.3. The van der Waals surface area contributed by atoms with E-state index in [2.05, 4.69) is 12.1 Å². The standard InChI is InChI=1S/C15H20O2/c16-11-15-7-6-13(10-15)8-9-17-12-14-4-2-1-3-5-14/h1-5,11,13,15H,6-10,12H2. The van der Waals surface area contributed by atoms with Gasteiger partial charge in [0.2, 0.25) is 0 Å². The van der Waals surface area contributed by atoms with Crippen molar-refractivity contribution < 1.29 is 9.53 Å². The Hall–Kier alpha value is -1.15. The van der Waals surface area contributed by atoms with Gasteiger partial charge in [-0.2, -0.15) is 0 Å². The van der Waals surface area contributed by atoms with E-state index >= 15 is 0 Å². The number of hydrogen-bond donors (Lipinski definition) is 0. The second kappa shape index (κ2) is 6.55. The molecule has 1 aromatic rings. The quantitative estimate of drug-likeness (QED) is 0.556. The van der Waals surface area contributed by atoms with Crippen molar-refractivity contribution in [3.05, 3.63) is 35.9 Å². The van der Waals surface area contributed by atoms with Crippen molar-refractivity contribution in [1.82, 2.24) is 0 Å². The third-order valence-corrected chi connectivity index (χ3v) is 3.56. The Morgan fingerprint density at radius 3 is 2.76 bits per heavy atom. The van der Waals surface area contributed by atoms with Gasteiger partial charge in [-0.1, -0.05) is 30.3 Å². The largest absolute Gasteiger partial charge is 0.377 e. The Kier molecular flexibility index (Phi) is 4.75. The Morgan fingerprint density at radius 1 is 1.24 bits per heavy atom. The monoisotopic (exact) mass is 232 g/mol. The van der Waals surface area contributed by atoms with Crippen LogP contribution in [-0.4, -0.2) is 12.9 Å². The lowest BCUT2D eigenvalue weighted by molar-refractivity contribution is -0.111. The van der Waals surface area contributed by atoms with Gasteiger partial charge in [-0.15, -0.1) is 0 Å². The zero-order valence-corrected chi connectivity index (χ0v) is 10.2. The molecule has 1 saturated carbocycles. The molecule has 1 aromatic carbocycles. The normalized spacial score (nSPS) is 23.8. The number of carbonyl (C=O) groups excluding carboxylic acids is 1. The van der Waals surface area contributed by atoms with E-state index in [-0.39, 0.29) is 0 Å². The van der Waals surface area contributed by atoms with Gasteiger partial charge in [-0.05, 0) is 37.2 Å². The Balaban J connectivity index is 1.59. The van der Waals surface area contributed by atoms with E-state index in [0.717, 1.165) is 32.2 Å². The molecule has 0 bridgehead atoms. The fourth-order valence-corrected chi connectivity index (χ4v) is 2.51. The lowest BCUT2D eigenvalue weighted by atomic mass is 10.0. The first-order valence-corrected chi connectivity index (χ1v) is 6.45. The first-order chi connectivity index (χ1) is 8.38. The molecule has 2 heteroatoms. The lowest BCUT2D eigenvalue weighted by Gasteiger charge is -2.09. The van der Waals surface area contributed by atoms with Crippen molar-refractivity contribution in [2.75, 3.05) is 6.61 Å². The molecule has 2 nitrogen and oxygen atoms in total. The molecule has 0 heterocycles. The maximum absolute atomic E-state index is 10.6. The molecule has 2 unspecified atom stereocenters. The lowest BCUT2D eigenvalue weighted by Crippen LogP contribution is -2.03. The Morgan fingerprint density at radius 2 is 2.06 bits per heavy atom. The summed E-state index contributed by atoms with van der Waals surface area (Å²) in [5, 5.41) is 0. The topological polar surface area (TPSA) is 26.3 Å². The van der Waals surface area contributed by atoms with Crippen LogP contribution in [0.15, 0.2) is 30.3 Å². The van der Waals surface area contributed by atoms with E-state index in [0.29, 0.717) is 18.4 Å². The summed E-state index contributed by atoms with van der Waals surface area (Å²) < 4.78 is 5.66. The highest BCUT2D eigenvalue weighted by Crippen LogP contribution is 2.31. The van der Waals surface area contributed by atoms with Gasteiger partial charge < -0.3 is 9.53 Å². The average molecular weight is 232 g/mol. The maximum Gasteiger partial charge on any atom is 0.123 e. The van der Waals surface area contributed by atoms with Gasteiger partial charge in [-0.25, -0.2) is 0 Å². The van der Waals surface area contributed by atoms with Crippen LogP contribution in [0.25, 0.3) is 0 Å². The smallest absolute Gasteiger partial charge is 0.123 e. The van der Waals surface area contributed by atoms with Gasteiger partial charge in [0, 0.05) is 12.5 Å². The molecule has 1 fully saturated rings. The minimum atomic E-state index is 0.314. The van der Waals surface area contributed by atoms with E-state index < -0.39 is 0 Å². The molecule has 92 valence electrons. The molecule has 1 aliphatic carbocycles. The number of rotatable bonds is 6. The van der Waals surface area contributed by atoms with Crippen LogP contribution in [0, 0.1) is 11.8 Å². The molecule has 1 aliphatic rings. The molecular weight excluding hydrogens is 212 g/mol. The number of hydrogen-bond acceptors (Lipinski definition) is 2. The Bertz CT molecular complexity index is 334. The summed E-state index contributed by atoms with van der Waals surface area (Å²) in [5.74, 6) is 1.01. The van der Waals surface area contributed by atoms with Crippen LogP contribution in [0.3, 0.4) is 0 Å². The molecule has 0 aliphatic heterocycles. The van der Waals surface area contributed by atoms with Crippen LogP contribution >= 0.6 is 0 Å². The van der Waals surface area contributed by atoms with Crippen LogP contribution in [0.2, 0.25) is 0 Å². The fraction of sp³-hybridized carbons (Fsp3) is 0.533. The second-order valence-corrected chi connectivity index (χ2v) is 4.90. The van der Waals surface area contributed by atoms with Gasteiger partial charge in [0.05, 0.1) is 6.61 Å². The summed E-state index contributed by atoms with van der Waals surface area (Å²) >= 11 is 0. The zero-order valence-electron chi connectivity index (χ0n) is 10.2. The number of carbonyl (C=O) groups is 1. The molecule has 2 atom stereocenters. The molecule has 0 N–H and O–H groups in total. The van der Waals surface area contributed by atoms with E-state index in [1.807, 2.05) is 18.2 Å². The van der Waals surface area contributed by atoms with Crippen molar-refractivity contribution in [3.8, 4) is 0 Å². The average Bonchev–Trinajstić information content (AvgIpc) is 2.84. The van der Waals surface area contributed by atoms with Crippen molar-refractivity contribution in [2.24, 2.45) is 11.8 Å². The van der Waals surface area contributed by atoms with Crippen molar-refractivity contribution >= 4 is 6.29 Å². The first-order valence-electron chi connectivity index (χ1n) is 6.45. The maximum atomic E-state index is 10.6. The van der Waals surface area contributed by atoms with E-state index in [1.165, 1.54) is 12.0 Å². The van der Waals surface area contributed by atoms with Crippen molar-refractivity contribution in [1.29, 1.82) is 0 Å². The minimum absolute atomic E-state index is 0.314. The molecule has 0 saturated heterocycles. The molecule has 2 rings (SSSR count). The summed E-state index contributed by atoms with van der Waals surface area (Å²) in [4.78, 5) is 10.6. The number of aldehydes is 1. The fourth-order valence-electron chi connectivity index (χ4n) is 2.51. The molecular formula is C15H20O2. The summed E-state index contributed by atoms with van der Waals surface area (Å²) in [5.41, 5.74) is 1.23. The Labute approximate surface area is 103 Å². The van der Waals surface area contributed by atoms with Gasteiger partial charge in [0.25, 0.3) is 0 Å². The second-order valence-electron chi connectivity index (χ2n) is 4.90. The highest BCUT2D eigenvalue weighted by atomic mass is 16.5. The molecule has 17 heavy (non-hydrogen) atoms. The van der Waals surface area contributed by atoms with Gasteiger partial charge >= 0.3 is 0 Å². The van der Waals surface area contributed by atoms with Gasteiger partial charge in [-0.3, -0.25) is 0 Å². The number of ether oxygens (including phenoxy) is 1. The molecule has 0 amide bonds. The molecule has 0 spiro atoms. The summed E-state index contributed by atoms with van der Waals surface area (Å²) in [6, 6.07) is 10.2. The van der Waals surface area contributed by atoms with Crippen LogP contribution in [-0.2, 0) is 16.1 Å². The predicted octanol–water partition coefficient (Wildman–Crippen LogP) is 3.21. The van der Waals surface area contributed by atoms with Crippen LogP contribution in [0.1, 0.15) is 31.2 Å². The van der Waals surface area contributed by atoms with Crippen molar-refractivity contribution in [2.45, 2.75) is 32.3 Å². The number of benzene rings is 1. The molecule has 0 radical (unpaired) electrons. The van der Waals surface area contributed by atoms with Gasteiger partial charge in [0.1, 0.15) is 6.29 Å². The van der Waals surface area contributed by atoms with Gasteiger partial charge in [0.15, 0.2) is 0 Å². The van der Waals surface area contributed by atoms with E-state index in [1.54, 1.807) is 0 Å². The summed E-state index contributed by atoms with van der Waals surface area (Å²) in [6.45, 7) is 1.51. The van der Waals surface area contributed by atoms with Crippen LogP contribution in [0.5, 0.6) is 0 Å². The minimum Gasteiger partial charge on any atom is -0.377 e. The van der Waals surface area contributed by atoms with E-state index in [9.17, 15) is 4.79 Å². The predicted molar refractivity (Wildman–Crippen MR) is 67.6 cm³/mol. The zero-order chi connectivity index (χ0) is 11.9. The van der Waals surface area contributed by atoms with Crippen molar-refractivity contribution in [3.63, 3.8) is 0 Å². The highest BCUT2D eigenvalue weighted by Gasteiger charge is 2.23. The third kappa shape index (κ3) is 3.97. The van der Waals surface area contributed by atoms with E-state index in [4.69, 9.17) is 4.74 Å². The summed E-state index contributed by atoms with van der Waals surface area (Å²) in [7, 11) is 0. The SMILES string of the molecule is O=CC1CCC(CCOCc2ccccc2)C1. The van der Waals surface area contributed by atoms with Crippen LogP contribution < -0.4 is 0 Å². The molecule has 0 aromatic heterocycles. The summed E-state index contributed by atoms with van der Waals surface area (Å²) in [6.07, 6.45) is 5.55. The third-order valence-electron chi connectivity index (χ3n) is 3.56. The van der Waals surface area contributed by atoms with Crippen LogP contribution in [0.4, 0.5) is 0 Å².